The Morgan fingerprint density at radius 1 is 1.29 bits per heavy atom. The zero-order valence-corrected chi connectivity index (χ0v) is 16.9. The van der Waals surface area contributed by atoms with Crippen molar-refractivity contribution in [2.24, 2.45) is 0 Å². The summed E-state index contributed by atoms with van der Waals surface area (Å²) in [5.41, 5.74) is 0.0137. The molecule has 0 radical (unpaired) electrons. The van der Waals surface area contributed by atoms with Gasteiger partial charge in [0.05, 0.1) is 6.07 Å². The van der Waals surface area contributed by atoms with Crippen LogP contribution in [-0.4, -0.2) is 29.9 Å². The van der Waals surface area contributed by atoms with Gasteiger partial charge in [0.1, 0.15) is 16.1 Å². The van der Waals surface area contributed by atoms with E-state index in [1.807, 2.05) is 17.5 Å². The molecule has 2 amide bonds. The Labute approximate surface area is 170 Å². The smallest absolute Gasteiger partial charge is 0.342 e. The first-order valence-electron chi connectivity index (χ1n) is 8.76. The molecule has 2 aromatic rings. The van der Waals surface area contributed by atoms with E-state index >= 15 is 0 Å². The van der Waals surface area contributed by atoms with Crippen molar-refractivity contribution in [3.63, 3.8) is 0 Å². The number of esters is 1. The Balaban J connectivity index is 1.73. The van der Waals surface area contributed by atoms with Gasteiger partial charge in [-0.1, -0.05) is 6.07 Å². The first kappa shape index (κ1) is 20.0. The van der Waals surface area contributed by atoms with Crippen LogP contribution < -0.4 is 10.6 Å². The first-order chi connectivity index (χ1) is 13.4. The van der Waals surface area contributed by atoms with Gasteiger partial charge in [-0.25, -0.2) is 4.79 Å². The minimum Gasteiger partial charge on any atom is -0.452 e. The quantitative estimate of drug-likeness (QED) is 0.699. The molecule has 1 saturated carbocycles. The molecule has 0 atom stereocenters. The molecule has 0 saturated heterocycles. The van der Waals surface area contributed by atoms with Gasteiger partial charge in [0.25, 0.3) is 5.91 Å². The van der Waals surface area contributed by atoms with Crippen molar-refractivity contribution in [1.29, 1.82) is 5.26 Å². The molecule has 0 bridgehead atoms. The maximum Gasteiger partial charge on any atom is 0.342 e. The second-order valence-electron chi connectivity index (χ2n) is 6.54. The van der Waals surface area contributed by atoms with Crippen molar-refractivity contribution in [2.75, 3.05) is 11.9 Å². The number of nitrogens with zero attached hydrogens (tertiary/aromatic N) is 1. The standard InChI is InChI=1S/C19H19N3O4S2/c1-12(23)21-17-16(13(10-28-17)14-5-4-8-27-14)18(25)26-9-15(24)22-19(11-20)6-2-3-7-19/h4-5,8,10H,2-3,6-7,9H2,1H3,(H,21,23)(H,22,24). The van der Waals surface area contributed by atoms with Gasteiger partial charge in [0.2, 0.25) is 5.91 Å². The third-order valence-corrected chi connectivity index (χ3v) is 6.25. The highest BCUT2D eigenvalue weighted by atomic mass is 32.1. The van der Waals surface area contributed by atoms with E-state index in [0.717, 1.165) is 17.7 Å². The molecule has 1 aliphatic rings. The Morgan fingerprint density at radius 3 is 2.64 bits per heavy atom. The van der Waals surface area contributed by atoms with Gasteiger partial charge in [-0.05, 0) is 37.1 Å². The lowest BCUT2D eigenvalue weighted by Crippen LogP contribution is -2.46. The number of carbonyl (C=O) groups is 3. The molecule has 7 nitrogen and oxygen atoms in total. The van der Waals surface area contributed by atoms with Crippen LogP contribution in [0.3, 0.4) is 0 Å². The highest BCUT2D eigenvalue weighted by molar-refractivity contribution is 7.17. The van der Waals surface area contributed by atoms with E-state index in [4.69, 9.17) is 4.74 Å². The Kier molecular flexibility index (Phi) is 6.11. The number of hydrogen-bond acceptors (Lipinski definition) is 7. The Hall–Kier alpha value is -2.70. The molecule has 0 spiro atoms. The lowest BCUT2D eigenvalue weighted by molar-refractivity contribution is -0.125. The minimum atomic E-state index is -0.866. The molecule has 28 heavy (non-hydrogen) atoms. The summed E-state index contributed by atoms with van der Waals surface area (Å²) in [4.78, 5) is 37.2. The maximum atomic E-state index is 12.7. The first-order valence-corrected chi connectivity index (χ1v) is 10.5. The summed E-state index contributed by atoms with van der Waals surface area (Å²) in [7, 11) is 0. The van der Waals surface area contributed by atoms with Crippen LogP contribution in [0.4, 0.5) is 5.00 Å². The fraction of sp³-hybridized carbons (Fsp3) is 0.368. The summed E-state index contributed by atoms with van der Waals surface area (Å²) in [5, 5.41) is 18.7. The average Bonchev–Trinajstić information content (AvgIpc) is 3.40. The van der Waals surface area contributed by atoms with Crippen molar-refractivity contribution >= 4 is 45.5 Å². The SMILES string of the molecule is CC(=O)Nc1scc(-c2cccs2)c1C(=O)OCC(=O)NC1(C#N)CCCC1. The van der Waals surface area contributed by atoms with Gasteiger partial charge in [0, 0.05) is 22.7 Å². The second-order valence-corrected chi connectivity index (χ2v) is 8.36. The summed E-state index contributed by atoms with van der Waals surface area (Å²) in [6, 6.07) is 5.89. The van der Waals surface area contributed by atoms with Gasteiger partial charge < -0.3 is 15.4 Å². The fourth-order valence-electron chi connectivity index (χ4n) is 3.18. The van der Waals surface area contributed by atoms with Crippen LogP contribution in [0.25, 0.3) is 10.4 Å². The summed E-state index contributed by atoms with van der Waals surface area (Å²) in [6.45, 7) is 0.873. The van der Waals surface area contributed by atoms with E-state index in [1.165, 1.54) is 29.6 Å². The summed E-state index contributed by atoms with van der Waals surface area (Å²) >= 11 is 2.68. The summed E-state index contributed by atoms with van der Waals surface area (Å²) in [6.07, 6.45) is 2.96. The van der Waals surface area contributed by atoms with Crippen molar-refractivity contribution in [3.8, 4) is 16.5 Å². The van der Waals surface area contributed by atoms with Crippen LogP contribution in [0.15, 0.2) is 22.9 Å². The fourth-order valence-corrected chi connectivity index (χ4v) is 4.99. The van der Waals surface area contributed by atoms with Crippen molar-refractivity contribution in [3.05, 3.63) is 28.5 Å². The number of carbonyl (C=O) groups excluding carboxylic acids is 3. The van der Waals surface area contributed by atoms with Gasteiger partial charge in [-0.2, -0.15) is 5.26 Å². The lowest BCUT2D eigenvalue weighted by atomic mass is 10.00. The van der Waals surface area contributed by atoms with Crippen LogP contribution in [0.2, 0.25) is 0 Å². The van der Waals surface area contributed by atoms with Crippen molar-refractivity contribution in [1.82, 2.24) is 5.32 Å². The number of nitrogens with one attached hydrogen (secondary N) is 2. The van der Waals surface area contributed by atoms with E-state index in [0.29, 0.717) is 23.4 Å². The predicted molar refractivity (Wildman–Crippen MR) is 107 cm³/mol. The molecule has 2 aromatic heterocycles. The van der Waals surface area contributed by atoms with Gasteiger partial charge in [-0.3, -0.25) is 9.59 Å². The second kappa shape index (κ2) is 8.54. The number of ether oxygens (including phenoxy) is 1. The number of rotatable bonds is 6. The third kappa shape index (κ3) is 4.40. The van der Waals surface area contributed by atoms with Crippen molar-refractivity contribution in [2.45, 2.75) is 38.1 Å². The molecule has 9 heteroatoms. The molecule has 0 aliphatic heterocycles. The summed E-state index contributed by atoms with van der Waals surface area (Å²) < 4.78 is 5.21. The van der Waals surface area contributed by atoms with E-state index < -0.39 is 24.0 Å². The van der Waals surface area contributed by atoms with Crippen LogP contribution in [0.5, 0.6) is 0 Å². The molecule has 2 N–H and O–H groups in total. The monoisotopic (exact) mass is 417 g/mol. The van der Waals surface area contributed by atoms with Crippen LogP contribution in [0, 0.1) is 11.3 Å². The normalized spacial score (nSPS) is 14.9. The number of hydrogen-bond donors (Lipinski definition) is 2. The number of amides is 2. The van der Waals surface area contributed by atoms with Gasteiger partial charge in [-0.15, -0.1) is 22.7 Å². The molecule has 146 valence electrons. The average molecular weight is 418 g/mol. The zero-order valence-electron chi connectivity index (χ0n) is 15.2. The maximum absolute atomic E-state index is 12.7. The molecular formula is C19H19N3O4S2. The van der Waals surface area contributed by atoms with E-state index in [2.05, 4.69) is 16.7 Å². The number of thiophene rings is 2. The van der Waals surface area contributed by atoms with Crippen molar-refractivity contribution < 1.29 is 19.1 Å². The van der Waals surface area contributed by atoms with Crippen LogP contribution in [-0.2, 0) is 14.3 Å². The third-order valence-electron chi connectivity index (χ3n) is 4.46. The number of nitriles is 1. The Bertz CT molecular complexity index is 922. The lowest BCUT2D eigenvalue weighted by Gasteiger charge is -2.21. The van der Waals surface area contributed by atoms with Gasteiger partial charge in [0.15, 0.2) is 6.61 Å². The molecule has 3 rings (SSSR count). The Morgan fingerprint density at radius 2 is 2.04 bits per heavy atom. The van der Waals surface area contributed by atoms with E-state index in [-0.39, 0.29) is 11.5 Å². The predicted octanol–water partition coefficient (Wildman–Crippen LogP) is 3.54. The molecule has 2 heterocycles. The number of anilines is 1. The van der Waals surface area contributed by atoms with Crippen LogP contribution in [0.1, 0.15) is 43.0 Å². The molecule has 0 unspecified atom stereocenters. The largest absolute Gasteiger partial charge is 0.452 e. The summed E-state index contributed by atoms with van der Waals surface area (Å²) in [5.74, 6) is -1.50. The minimum absolute atomic E-state index is 0.228. The molecule has 0 aromatic carbocycles. The molecule has 1 aliphatic carbocycles. The highest BCUT2D eigenvalue weighted by Crippen LogP contribution is 2.38. The topological polar surface area (TPSA) is 108 Å². The molecular weight excluding hydrogens is 398 g/mol. The zero-order chi connectivity index (χ0) is 20.1. The highest BCUT2D eigenvalue weighted by Gasteiger charge is 2.35. The van der Waals surface area contributed by atoms with E-state index in [9.17, 15) is 19.6 Å². The van der Waals surface area contributed by atoms with Gasteiger partial charge >= 0.3 is 5.97 Å². The van der Waals surface area contributed by atoms with Crippen LogP contribution >= 0.6 is 22.7 Å². The molecule has 1 fully saturated rings. The van der Waals surface area contributed by atoms with E-state index in [1.54, 1.807) is 5.38 Å².